The lowest BCUT2D eigenvalue weighted by Gasteiger charge is -2.14. The summed E-state index contributed by atoms with van der Waals surface area (Å²) < 4.78 is 53.1. The van der Waals surface area contributed by atoms with Gasteiger partial charge in [-0.3, -0.25) is 4.79 Å². The Balaban J connectivity index is 2.36. The molecule has 0 saturated heterocycles. The van der Waals surface area contributed by atoms with Crippen molar-refractivity contribution in [1.82, 2.24) is 0 Å². The summed E-state index contributed by atoms with van der Waals surface area (Å²) in [6.45, 7) is -0.0554. The van der Waals surface area contributed by atoms with E-state index < -0.39 is 31.3 Å². The Bertz CT molecular complexity index is 429. The molecule has 112 valence electrons. The van der Waals surface area contributed by atoms with Crippen LogP contribution in [-0.4, -0.2) is 31.3 Å². The summed E-state index contributed by atoms with van der Waals surface area (Å²) in [5.74, 6) is -4.65. The molecule has 20 heavy (non-hydrogen) atoms. The molecule has 0 amide bonds. The maximum atomic E-state index is 12.5. The van der Waals surface area contributed by atoms with Crippen LogP contribution in [0.1, 0.15) is 18.1 Å². The van der Waals surface area contributed by atoms with Gasteiger partial charge in [-0.1, -0.05) is 31.2 Å². The van der Waals surface area contributed by atoms with Crippen LogP contribution >= 0.6 is 0 Å². The fourth-order valence-electron chi connectivity index (χ4n) is 1.54. The van der Waals surface area contributed by atoms with E-state index in [1.807, 2.05) is 19.1 Å². The highest BCUT2D eigenvalue weighted by molar-refractivity contribution is 5.82. The molecule has 0 bridgehead atoms. The number of ether oxygens (including phenoxy) is 1. The van der Waals surface area contributed by atoms with Crippen molar-refractivity contribution in [3.8, 4) is 0 Å². The summed E-state index contributed by atoms with van der Waals surface area (Å²) in [7, 11) is 0. The summed E-state index contributed by atoms with van der Waals surface area (Å²) in [5, 5.41) is 0. The lowest BCUT2D eigenvalue weighted by Crippen LogP contribution is -2.33. The minimum Gasteiger partial charge on any atom is -0.367 e. The SMILES string of the molecule is CCc1ccc(CC(=O)COCC(F)(F)C(F)F)cc1. The Morgan fingerprint density at radius 1 is 1.20 bits per heavy atom. The van der Waals surface area contributed by atoms with E-state index in [9.17, 15) is 22.4 Å². The first-order valence-corrected chi connectivity index (χ1v) is 6.18. The predicted octanol–water partition coefficient (Wildman–Crippen LogP) is 3.28. The Morgan fingerprint density at radius 3 is 2.25 bits per heavy atom. The molecule has 0 spiro atoms. The van der Waals surface area contributed by atoms with Gasteiger partial charge in [0.05, 0.1) is 0 Å². The van der Waals surface area contributed by atoms with Crippen LogP contribution in [0.25, 0.3) is 0 Å². The van der Waals surface area contributed by atoms with Crippen LogP contribution in [0, 0.1) is 0 Å². The summed E-state index contributed by atoms with van der Waals surface area (Å²) in [4.78, 5) is 11.5. The summed E-state index contributed by atoms with van der Waals surface area (Å²) >= 11 is 0. The van der Waals surface area contributed by atoms with Gasteiger partial charge in [-0.15, -0.1) is 0 Å². The van der Waals surface area contributed by atoms with E-state index in [0.717, 1.165) is 17.5 Å². The van der Waals surface area contributed by atoms with Gasteiger partial charge in [-0.05, 0) is 17.5 Å². The first kappa shape index (κ1) is 16.6. The van der Waals surface area contributed by atoms with Crippen molar-refractivity contribution in [2.24, 2.45) is 0 Å². The van der Waals surface area contributed by atoms with Crippen LogP contribution in [0.2, 0.25) is 0 Å². The molecular formula is C14H16F4O2. The molecule has 1 aromatic carbocycles. The number of halogens is 4. The number of carbonyl (C=O) groups is 1. The topological polar surface area (TPSA) is 26.3 Å². The summed E-state index contributed by atoms with van der Waals surface area (Å²) in [5.41, 5.74) is 1.85. The average Bonchev–Trinajstić information content (AvgIpc) is 2.39. The number of hydrogen-bond donors (Lipinski definition) is 0. The molecule has 0 saturated carbocycles. The molecule has 2 nitrogen and oxygen atoms in total. The molecule has 0 aromatic heterocycles. The lowest BCUT2D eigenvalue weighted by atomic mass is 10.1. The van der Waals surface area contributed by atoms with Crippen LogP contribution in [0.5, 0.6) is 0 Å². The van der Waals surface area contributed by atoms with Crippen molar-refractivity contribution in [2.75, 3.05) is 13.2 Å². The molecule has 0 aliphatic rings. The Kier molecular flexibility index (Phi) is 6.13. The number of aryl methyl sites for hydroxylation is 1. The van der Waals surface area contributed by atoms with Gasteiger partial charge >= 0.3 is 12.3 Å². The van der Waals surface area contributed by atoms with Gasteiger partial charge in [0.1, 0.15) is 13.2 Å². The van der Waals surface area contributed by atoms with Crippen molar-refractivity contribution >= 4 is 5.78 Å². The van der Waals surface area contributed by atoms with Crippen LogP contribution in [0.4, 0.5) is 17.6 Å². The van der Waals surface area contributed by atoms with Gasteiger partial charge in [0, 0.05) is 6.42 Å². The number of benzene rings is 1. The zero-order valence-electron chi connectivity index (χ0n) is 11.0. The Morgan fingerprint density at radius 2 is 1.75 bits per heavy atom. The average molecular weight is 292 g/mol. The number of rotatable bonds is 8. The quantitative estimate of drug-likeness (QED) is 0.687. The van der Waals surface area contributed by atoms with E-state index in [-0.39, 0.29) is 6.42 Å². The first-order chi connectivity index (χ1) is 9.35. The standard InChI is InChI=1S/C14H16F4O2/c1-2-10-3-5-11(6-4-10)7-12(19)8-20-9-14(17,18)13(15)16/h3-6,13H,2,7-9H2,1H3. The van der Waals surface area contributed by atoms with Crippen molar-refractivity contribution in [1.29, 1.82) is 0 Å². The highest BCUT2D eigenvalue weighted by atomic mass is 19.3. The molecule has 0 atom stereocenters. The third-order valence-corrected chi connectivity index (χ3v) is 2.71. The van der Waals surface area contributed by atoms with Gasteiger partial charge in [-0.25, -0.2) is 8.78 Å². The minimum absolute atomic E-state index is 0.0320. The van der Waals surface area contributed by atoms with E-state index in [0.29, 0.717) is 0 Å². The Labute approximate surface area is 114 Å². The maximum absolute atomic E-state index is 12.5. The molecule has 0 N–H and O–H groups in total. The molecule has 0 heterocycles. The third kappa shape index (κ3) is 5.28. The molecule has 0 fully saturated rings. The third-order valence-electron chi connectivity index (χ3n) is 2.71. The van der Waals surface area contributed by atoms with Gasteiger partial charge < -0.3 is 4.74 Å². The van der Waals surface area contributed by atoms with E-state index in [2.05, 4.69) is 4.74 Å². The molecule has 1 rings (SSSR count). The number of hydrogen-bond acceptors (Lipinski definition) is 2. The molecule has 6 heteroatoms. The highest BCUT2D eigenvalue weighted by Crippen LogP contribution is 2.22. The minimum atomic E-state index is -4.22. The number of Topliss-reactive ketones (excluding diaryl/α,β-unsaturated/α-hetero) is 1. The van der Waals surface area contributed by atoms with E-state index in [1.165, 1.54) is 0 Å². The lowest BCUT2D eigenvalue weighted by molar-refractivity contribution is -0.168. The molecule has 0 radical (unpaired) electrons. The van der Waals surface area contributed by atoms with Crippen LogP contribution < -0.4 is 0 Å². The number of carbonyl (C=O) groups excluding carboxylic acids is 1. The predicted molar refractivity (Wildman–Crippen MR) is 66.3 cm³/mol. The number of ketones is 1. The second-order valence-electron chi connectivity index (χ2n) is 4.44. The van der Waals surface area contributed by atoms with Gasteiger partial charge in [0.2, 0.25) is 0 Å². The normalized spacial score (nSPS) is 11.9. The summed E-state index contributed by atoms with van der Waals surface area (Å²) in [6, 6.07) is 7.28. The van der Waals surface area contributed by atoms with E-state index >= 15 is 0 Å². The zero-order chi connectivity index (χ0) is 15.2. The maximum Gasteiger partial charge on any atom is 0.330 e. The van der Waals surface area contributed by atoms with Crippen LogP contribution in [-0.2, 0) is 22.4 Å². The smallest absolute Gasteiger partial charge is 0.330 e. The zero-order valence-corrected chi connectivity index (χ0v) is 11.0. The van der Waals surface area contributed by atoms with Crippen LogP contribution in [0.3, 0.4) is 0 Å². The largest absolute Gasteiger partial charge is 0.367 e. The van der Waals surface area contributed by atoms with Crippen molar-refractivity contribution in [3.05, 3.63) is 35.4 Å². The van der Waals surface area contributed by atoms with Crippen molar-refractivity contribution in [3.63, 3.8) is 0 Å². The van der Waals surface area contributed by atoms with E-state index in [4.69, 9.17) is 0 Å². The fourth-order valence-corrected chi connectivity index (χ4v) is 1.54. The molecular weight excluding hydrogens is 276 g/mol. The van der Waals surface area contributed by atoms with Crippen LogP contribution in [0.15, 0.2) is 24.3 Å². The second-order valence-corrected chi connectivity index (χ2v) is 4.44. The molecule has 0 aliphatic carbocycles. The molecule has 0 aliphatic heterocycles. The summed E-state index contributed by atoms with van der Waals surface area (Å²) in [6.07, 6.45) is -2.89. The van der Waals surface area contributed by atoms with Gasteiger partial charge in [0.25, 0.3) is 0 Å². The second kappa shape index (κ2) is 7.38. The first-order valence-electron chi connectivity index (χ1n) is 6.18. The van der Waals surface area contributed by atoms with Crippen molar-refractivity contribution < 1.29 is 27.1 Å². The van der Waals surface area contributed by atoms with Gasteiger partial charge in [-0.2, -0.15) is 8.78 Å². The monoisotopic (exact) mass is 292 g/mol. The van der Waals surface area contributed by atoms with Crippen molar-refractivity contribution in [2.45, 2.75) is 32.1 Å². The molecule has 1 aromatic rings. The highest BCUT2D eigenvalue weighted by Gasteiger charge is 2.41. The Hall–Kier alpha value is -1.43. The molecule has 0 unspecified atom stereocenters. The van der Waals surface area contributed by atoms with Gasteiger partial charge in [0.15, 0.2) is 5.78 Å². The fraction of sp³-hybridized carbons (Fsp3) is 0.500. The van der Waals surface area contributed by atoms with E-state index in [1.54, 1.807) is 12.1 Å². The number of alkyl halides is 4.